The zero-order valence-corrected chi connectivity index (χ0v) is 12.5. The first-order valence-electron chi connectivity index (χ1n) is 6.98. The fraction of sp³-hybridized carbons (Fsp3) is 0.333. The number of hydrogen-bond acceptors (Lipinski definition) is 5. The van der Waals surface area contributed by atoms with Crippen LogP contribution in [0.5, 0.6) is 0 Å². The number of ether oxygens (including phenoxy) is 1. The molecule has 22 heavy (non-hydrogen) atoms. The van der Waals surface area contributed by atoms with Crippen LogP contribution in [0.2, 0.25) is 0 Å². The lowest BCUT2D eigenvalue weighted by Gasteiger charge is -2.11. The number of amides is 1. The van der Waals surface area contributed by atoms with Gasteiger partial charge in [-0.1, -0.05) is 13.3 Å². The number of amidine groups is 1. The third-order valence-electron chi connectivity index (χ3n) is 3.16. The topological polar surface area (TPSA) is 85.0 Å². The zero-order chi connectivity index (χ0) is 16.1. The molecule has 0 aromatic heterocycles. The quantitative estimate of drug-likeness (QED) is 0.362. The number of benzene rings is 1. The van der Waals surface area contributed by atoms with E-state index in [1.807, 2.05) is 0 Å². The molecular weight excluding hydrogens is 286 g/mol. The summed E-state index contributed by atoms with van der Waals surface area (Å²) < 4.78 is 5.47. The van der Waals surface area contributed by atoms with Crippen molar-refractivity contribution in [3.8, 4) is 0 Å². The number of likely N-dealkylation sites (N-methyl/N-ethyl adjacent to an activating group) is 1. The summed E-state index contributed by atoms with van der Waals surface area (Å²) in [5, 5.41) is 10.6. The Morgan fingerprint density at radius 1 is 1.36 bits per heavy atom. The van der Waals surface area contributed by atoms with Crippen molar-refractivity contribution >= 4 is 23.7 Å². The third kappa shape index (κ3) is 3.49. The van der Waals surface area contributed by atoms with Gasteiger partial charge < -0.3 is 4.74 Å². The summed E-state index contributed by atoms with van der Waals surface area (Å²) in [6, 6.07) is 6.20. The minimum Gasteiger partial charge on any atom is -0.465 e. The number of rotatable bonds is 5. The third-order valence-corrected chi connectivity index (χ3v) is 3.16. The second-order valence-corrected chi connectivity index (χ2v) is 4.84. The van der Waals surface area contributed by atoms with Crippen LogP contribution in [-0.2, 0) is 9.53 Å². The van der Waals surface area contributed by atoms with Gasteiger partial charge in [0.05, 0.1) is 11.5 Å². The van der Waals surface area contributed by atoms with E-state index < -0.39 is 4.92 Å². The maximum Gasteiger partial charge on any atom is 0.299 e. The van der Waals surface area contributed by atoms with Gasteiger partial charge in [0, 0.05) is 19.2 Å². The average molecular weight is 303 g/mol. The van der Waals surface area contributed by atoms with Crippen molar-refractivity contribution in [2.75, 3.05) is 13.7 Å². The monoisotopic (exact) mass is 303 g/mol. The van der Waals surface area contributed by atoms with E-state index in [2.05, 4.69) is 11.9 Å². The van der Waals surface area contributed by atoms with Gasteiger partial charge in [0.25, 0.3) is 17.6 Å². The maximum absolute atomic E-state index is 12.1. The van der Waals surface area contributed by atoms with Gasteiger partial charge in [-0.05, 0) is 30.2 Å². The van der Waals surface area contributed by atoms with Crippen LogP contribution in [0, 0.1) is 10.1 Å². The Kier molecular flexibility index (Phi) is 4.88. The highest BCUT2D eigenvalue weighted by Crippen LogP contribution is 2.19. The molecule has 0 unspecified atom stereocenters. The Balaban J connectivity index is 2.16. The van der Waals surface area contributed by atoms with Crippen LogP contribution in [0.1, 0.15) is 25.3 Å². The first kappa shape index (κ1) is 15.7. The maximum atomic E-state index is 12.1. The molecule has 1 heterocycles. The summed E-state index contributed by atoms with van der Waals surface area (Å²) in [6.07, 6.45) is 3.47. The van der Waals surface area contributed by atoms with E-state index in [9.17, 15) is 14.9 Å². The van der Waals surface area contributed by atoms with Gasteiger partial charge in [-0.3, -0.25) is 19.8 Å². The Labute approximate surface area is 128 Å². The molecule has 7 nitrogen and oxygen atoms in total. The average Bonchev–Trinajstić information content (AvgIpc) is 2.76. The molecule has 1 aromatic carbocycles. The minimum atomic E-state index is -0.469. The fourth-order valence-corrected chi connectivity index (χ4v) is 1.87. The van der Waals surface area contributed by atoms with Gasteiger partial charge in [-0.15, -0.1) is 0 Å². The molecule has 0 spiro atoms. The number of carbonyl (C=O) groups is 1. The van der Waals surface area contributed by atoms with Crippen LogP contribution in [0.4, 0.5) is 5.69 Å². The highest BCUT2D eigenvalue weighted by atomic mass is 16.6. The number of hydrogen-bond donors (Lipinski definition) is 0. The number of unbranched alkanes of at least 4 members (excludes halogenated alkanes) is 1. The summed E-state index contributed by atoms with van der Waals surface area (Å²) >= 11 is 0. The number of non-ortho nitro benzene ring substituents is 1. The first-order chi connectivity index (χ1) is 10.5. The Bertz CT molecular complexity index is 635. The van der Waals surface area contributed by atoms with Crippen molar-refractivity contribution in [2.45, 2.75) is 19.8 Å². The highest BCUT2D eigenvalue weighted by Gasteiger charge is 2.28. The molecule has 0 saturated heterocycles. The normalized spacial score (nSPS) is 16.1. The molecule has 0 N–H and O–H groups in total. The molecular formula is C15H17N3O4. The van der Waals surface area contributed by atoms with Crippen LogP contribution in [0.3, 0.4) is 0 Å². The molecule has 0 atom stereocenters. The van der Waals surface area contributed by atoms with E-state index in [-0.39, 0.29) is 23.3 Å². The van der Waals surface area contributed by atoms with Gasteiger partial charge in [-0.2, -0.15) is 4.99 Å². The Morgan fingerprint density at radius 3 is 2.64 bits per heavy atom. The number of carbonyl (C=O) groups excluding carboxylic acids is 1. The zero-order valence-electron chi connectivity index (χ0n) is 12.5. The molecule has 1 aliphatic heterocycles. The van der Waals surface area contributed by atoms with Crippen molar-refractivity contribution in [1.29, 1.82) is 0 Å². The molecule has 1 amide bonds. The molecule has 1 aromatic rings. The highest BCUT2D eigenvalue weighted by molar-refractivity contribution is 6.11. The van der Waals surface area contributed by atoms with E-state index in [0.717, 1.165) is 12.8 Å². The molecule has 1 aliphatic rings. The number of nitrogens with zero attached hydrogens (tertiary/aromatic N) is 3. The van der Waals surface area contributed by atoms with E-state index in [4.69, 9.17) is 4.74 Å². The molecule has 116 valence electrons. The van der Waals surface area contributed by atoms with E-state index in [1.165, 1.54) is 17.0 Å². The Hall–Kier alpha value is -2.70. The van der Waals surface area contributed by atoms with Crippen LogP contribution < -0.4 is 0 Å². The first-order valence-corrected chi connectivity index (χ1v) is 6.98. The molecule has 2 rings (SSSR count). The van der Waals surface area contributed by atoms with Gasteiger partial charge >= 0.3 is 0 Å². The molecule has 0 aliphatic carbocycles. The predicted octanol–water partition coefficient (Wildman–Crippen LogP) is 2.58. The van der Waals surface area contributed by atoms with Crippen LogP contribution in [0.15, 0.2) is 35.0 Å². The van der Waals surface area contributed by atoms with E-state index in [0.29, 0.717) is 12.2 Å². The standard InChI is InChI=1S/C15H17N3O4/c1-3-4-9-22-15-16-13(14(19)17(15)2)10-11-5-7-12(8-6-11)18(20)21/h5-8,10H,3-4,9H2,1-2H3/b13-10+. The lowest BCUT2D eigenvalue weighted by atomic mass is 10.2. The SMILES string of the molecule is CCCCOC1=N/C(=C/c2ccc([N+](=O)[O-])cc2)C(=O)N1C. The fourth-order valence-electron chi connectivity index (χ4n) is 1.87. The van der Waals surface area contributed by atoms with Crippen molar-refractivity contribution in [1.82, 2.24) is 4.90 Å². The van der Waals surface area contributed by atoms with Crippen LogP contribution in [0.25, 0.3) is 6.08 Å². The summed E-state index contributed by atoms with van der Waals surface area (Å²) in [6.45, 7) is 2.56. The smallest absolute Gasteiger partial charge is 0.299 e. The van der Waals surface area contributed by atoms with Gasteiger partial charge in [0.1, 0.15) is 5.70 Å². The minimum absolute atomic E-state index is 0.00380. The second-order valence-electron chi connectivity index (χ2n) is 4.84. The van der Waals surface area contributed by atoms with Gasteiger partial charge in [0.2, 0.25) is 0 Å². The van der Waals surface area contributed by atoms with E-state index in [1.54, 1.807) is 25.3 Å². The molecule has 7 heteroatoms. The second kappa shape index (κ2) is 6.84. The Morgan fingerprint density at radius 2 is 2.05 bits per heavy atom. The van der Waals surface area contributed by atoms with Gasteiger partial charge in [0.15, 0.2) is 0 Å². The number of aliphatic imine (C=N–C) groups is 1. The lowest BCUT2D eigenvalue weighted by molar-refractivity contribution is -0.384. The van der Waals surface area contributed by atoms with Crippen LogP contribution in [-0.4, -0.2) is 35.4 Å². The summed E-state index contributed by atoms with van der Waals surface area (Å²) in [5.74, 6) is -0.259. The predicted molar refractivity (Wildman–Crippen MR) is 82.1 cm³/mol. The van der Waals surface area contributed by atoms with Crippen LogP contribution >= 0.6 is 0 Å². The summed E-state index contributed by atoms with van der Waals surface area (Å²) in [7, 11) is 1.60. The van der Waals surface area contributed by atoms with Crippen molar-refractivity contribution in [2.24, 2.45) is 4.99 Å². The van der Waals surface area contributed by atoms with Gasteiger partial charge in [-0.25, -0.2) is 0 Å². The van der Waals surface area contributed by atoms with E-state index >= 15 is 0 Å². The lowest BCUT2D eigenvalue weighted by Crippen LogP contribution is -2.29. The summed E-state index contributed by atoms with van der Waals surface area (Å²) in [4.78, 5) is 27.8. The van der Waals surface area contributed by atoms with Crippen molar-refractivity contribution in [3.63, 3.8) is 0 Å². The number of nitro benzene ring substituents is 1. The molecule has 0 bridgehead atoms. The molecule has 0 fully saturated rings. The van der Waals surface area contributed by atoms with Crippen molar-refractivity contribution < 1.29 is 14.5 Å². The molecule has 0 saturated carbocycles. The summed E-state index contributed by atoms with van der Waals surface area (Å²) in [5.41, 5.74) is 0.924. The van der Waals surface area contributed by atoms with Crippen molar-refractivity contribution in [3.05, 3.63) is 45.6 Å². The largest absolute Gasteiger partial charge is 0.465 e. The number of nitro groups is 1. The molecule has 0 radical (unpaired) electrons.